The van der Waals surface area contributed by atoms with Gasteiger partial charge in [-0.3, -0.25) is 4.98 Å². The first-order chi connectivity index (χ1) is 5.42. The highest BCUT2D eigenvalue weighted by molar-refractivity contribution is 5.45. The van der Waals surface area contributed by atoms with E-state index in [2.05, 4.69) is 10.1 Å². The number of aromatic nitrogens is 3. The van der Waals surface area contributed by atoms with Gasteiger partial charge in [0.15, 0.2) is 5.69 Å². The van der Waals surface area contributed by atoms with Crippen LogP contribution < -0.4 is 0 Å². The molecule has 0 amide bonds. The van der Waals surface area contributed by atoms with Crippen LogP contribution in [0.15, 0.2) is 24.7 Å². The maximum absolute atomic E-state index is 8.60. The molecule has 0 unspecified atom stereocenters. The Hall–Kier alpha value is -1.89. The van der Waals surface area contributed by atoms with Crippen molar-refractivity contribution in [2.45, 2.75) is 0 Å². The third kappa shape index (κ3) is 0.749. The molecule has 0 saturated heterocycles. The van der Waals surface area contributed by atoms with Gasteiger partial charge in [0.1, 0.15) is 6.07 Å². The molecule has 4 heteroatoms. The second-order valence-electron chi connectivity index (χ2n) is 2.07. The summed E-state index contributed by atoms with van der Waals surface area (Å²) in [4.78, 5) is 3.87. The maximum atomic E-state index is 8.60. The zero-order chi connectivity index (χ0) is 7.68. The number of rotatable bonds is 0. The predicted octanol–water partition coefficient (Wildman–Crippen LogP) is 0.601. The summed E-state index contributed by atoms with van der Waals surface area (Å²) in [6, 6.07) is 3.79. The maximum Gasteiger partial charge on any atom is 0.160 e. The van der Waals surface area contributed by atoms with Gasteiger partial charge < -0.3 is 0 Å². The van der Waals surface area contributed by atoms with Gasteiger partial charge in [0.25, 0.3) is 0 Å². The summed E-state index contributed by atoms with van der Waals surface area (Å²) < 4.78 is 1.55. The largest absolute Gasteiger partial charge is 0.259 e. The Morgan fingerprint density at radius 3 is 3.18 bits per heavy atom. The Kier molecular flexibility index (Phi) is 1.10. The number of nitriles is 1. The van der Waals surface area contributed by atoms with Crippen molar-refractivity contribution in [2.24, 2.45) is 0 Å². The summed E-state index contributed by atoms with van der Waals surface area (Å²) in [6.45, 7) is 0. The molecular formula is C7H4N4. The molecule has 0 saturated carbocycles. The van der Waals surface area contributed by atoms with E-state index in [0.717, 1.165) is 5.52 Å². The highest BCUT2D eigenvalue weighted by Crippen LogP contribution is 2.01. The lowest BCUT2D eigenvalue weighted by Crippen LogP contribution is -1.93. The molecule has 0 fully saturated rings. The van der Waals surface area contributed by atoms with Crippen LogP contribution in [0.2, 0.25) is 0 Å². The average Bonchev–Trinajstić information content (AvgIpc) is 2.50. The van der Waals surface area contributed by atoms with Crippen LogP contribution in [0, 0.1) is 11.3 Å². The SMILES string of the molecule is N#Cc1cncc2ccnn12. The molecule has 0 atom stereocenters. The van der Waals surface area contributed by atoms with Gasteiger partial charge in [0.05, 0.1) is 24.1 Å². The lowest BCUT2D eigenvalue weighted by atomic mass is 10.4. The summed E-state index contributed by atoms with van der Waals surface area (Å²) in [5.41, 5.74) is 1.29. The van der Waals surface area contributed by atoms with E-state index in [1.807, 2.05) is 6.07 Å². The minimum Gasteiger partial charge on any atom is -0.259 e. The van der Waals surface area contributed by atoms with E-state index in [9.17, 15) is 0 Å². The second kappa shape index (κ2) is 2.06. The van der Waals surface area contributed by atoms with Gasteiger partial charge in [-0.2, -0.15) is 10.4 Å². The van der Waals surface area contributed by atoms with E-state index in [1.165, 1.54) is 6.20 Å². The van der Waals surface area contributed by atoms with E-state index in [-0.39, 0.29) is 0 Å². The summed E-state index contributed by atoms with van der Waals surface area (Å²) >= 11 is 0. The first-order valence-corrected chi connectivity index (χ1v) is 3.09. The first-order valence-electron chi connectivity index (χ1n) is 3.09. The van der Waals surface area contributed by atoms with Crippen molar-refractivity contribution in [3.05, 3.63) is 30.4 Å². The van der Waals surface area contributed by atoms with Crippen molar-refractivity contribution in [3.63, 3.8) is 0 Å². The number of hydrogen-bond donors (Lipinski definition) is 0. The van der Waals surface area contributed by atoms with Crippen molar-refractivity contribution < 1.29 is 0 Å². The molecule has 2 rings (SSSR count). The van der Waals surface area contributed by atoms with Crippen molar-refractivity contribution in [1.29, 1.82) is 5.26 Å². The van der Waals surface area contributed by atoms with Crippen LogP contribution in [-0.4, -0.2) is 14.6 Å². The molecule has 0 aliphatic heterocycles. The molecule has 0 N–H and O–H groups in total. The van der Waals surface area contributed by atoms with E-state index in [1.54, 1.807) is 23.0 Å². The molecule has 0 aromatic carbocycles. The van der Waals surface area contributed by atoms with Crippen LogP contribution in [0.3, 0.4) is 0 Å². The molecule has 11 heavy (non-hydrogen) atoms. The monoisotopic (exact) mass is 144 g/mol. The quantitative estimate of drug-likeness (QED) is 0.544. The number of fused-ring (bicyclic) bond motifs is 1. The van der Waals surface area contributed by atoms with Gasteiger partial charge >= 0.3 is 0 Å². The van der Waals surface area contributed by atoms with Gasteiger partial charge in [-0.25, -0.2) is 4.52 Å². The Balaban J connectivity index is 2.92. The fourth-order valence-electron chi connectivity index (χ4n) is 0.928. The smallest absolute Gasteiger partial charge is 0.160 e. The topological polar surface area (TPSA) is 54.0 Å². The van der Waals surface area contributed by atoms with Gasteiger partial charge in [-0.15, -0.1) is 0 Å². The molecule has 0 spiro atoms. The van der Waals surface area contributed by atoms with Crippen LogP contribution in [0.25, 0.3) is 5.52 Å². The van der Waals surface area contributed by atoms with Crippen molar-refractivity contribution in [2.75, 3.05) is 0 Å². The summed E-state index contributed by atoms with van der Waals surface area (Å²) in [7, 11) is 0. The summed E-state index contributed by atoms with van der Waals surface area (Å²) in [5, 5.41) is 12.5. The molecular weight excluding hydrogens is 140 g/mol. The van der Waals surface area contributed by atoms with Crippen LogP contribution in [0.1, 0.15) is 5.69 Å². The van der Waals surface area contributed by atoms with E-state index >= 15 is 0 Å². The van der Waals surface area contributed by atoms with E-state index in [0.29, 0.717) is 5.69 Å². The third-order valence-corrected chi connectivity index (χ3v) is 1.42. The van der Waals surface area contributed by atoms with Crippen molar-refractivity contribution in [3.8, 4) is 6.07 Å². The van der Waals surface area contributed by atoms with Gasteiger partial charge in [0.2, 0.25) is 0 Å². The van der Waals surface area contributed by atoms with Crippen LogP contribution in [0.4, 0.5) is 0 Å². The van der Waals surface area contributed by atoms with Crippen molar-refractivity contribution in [1.82, 2.24) is 14.6 Å². The normalized spacial score (nSPS) is 9.73. The Morgan fingerprint density at radius 1 is 1.45 bits per heavy atom. The fourth-order valence-corrected chi connectivity index (χ4v) is 0.928. The third-order valence-electron chi connectivity index (χ3n) is 1.42. The molecule has 0 radical (unpaired) electrons. The summed E-state index contributed by atoms with van der Waals surface area (Å²) in [5.74, 6) is 0. The average molecular weight is 144 g/mol. The van der Waals surface area contributed by atoms with Crippen LogP contribution in [-0.2, 0) is 0 Å². The second-order valence-corrected chi connectivity index (χ2v) is 2.07. The standard InChI is InChI=1S/C7H4N4/c8-3-7-5-9-4-6-1-2-10-11(6)7/h1-2,4-5H. The lowest BCUT2D eigenvalue weighted by Gasteiger charge is -1.92. The minimum atomic E-state index is 0.451. The van der Waals surface area contributed by atoms with Gasteiger partial charge in [0, 0.05) is 0 Å². The first kappa shape index (κ1) is 5.86. The molecule has 2 aromatic heterocycles. The Labute approximate surface area is 62.7 Å². The fraction of sp³-hybridized carbons (Fsp3) is 0. The van der Waals surface area contributed by atoms with Crippen LogP contribution >= 0.6 is 0 Å². The molecule has 2 heterocycles. The zero-order valence-electron chi connectivity index (χ0n) is 5.60. The molecule has 0 bridgehead atoms. The van der Waals surface area contributed by atoms with E-state index in [4.69, 9.17) is 5.26 Å². The molecule has 0 aliphatic carbocycles. The number of nitrogens with zero attached hydrogens (tertiary/aromatic N) is 4. The van der Waals surface area contributed by atoms with Crippen molar-refractivity contribution >= 4 is 5.52 Å². The van der Waals surface area contributed by atoms with E-state index < -0.39 is 0 Å². The molecule has 2 aromatic rings. The Bertz CT molecular complexity index is 423. The highest BCUT2D eigenvalue weighted by Gasteiger charge is 1.97. The summed E-state index contributed by atoms with van der Waals surface area (Å²) in [6.07, 6.45) is 4.78. The molecule has 4 nitrogen and oxygen atoms in total. The van der Waals surface area contributed by atoms with Gasteiger partial charge in [-0.1, -0.05) is 0 Å². The zero-order valence-corrected chi connectivity index (χ0v) is 5.60. The Morgan fingerprint density at radius 2 is 2.36 bits per heavy atom. The number of hydrogen-bond acceptors (Lipinski definition) is 3. The lowest BCUT2D eigenvalue weighted by molar-refractivity contribution is 0.925. The van der Waals surface area contributed by atoms with Crippen LogP contribution in [0.5, 0.6) is 0 Å². The minimum absolute atomic E-state index is 0.451. The molecule has 52 valence electrons. The molecule has 0 aliphatic rings. The predicted molar refractivity (Wildman–Crippen MR) is 37.7 cm³/mol. The van der Waals surface area contributed by atoms with Gasteiger partial charge in [-0.05, 0) is 6.07 Å². The highest BCUT2D eigenvalue weighted by atomic mass is 15.2.